The van der Waals surface area contributed by atoms with Gasteiger partial charge in [-0.2, -0.15) is 0 Å². The van der Waals surface area contributed by atoms with Gasteiger partial charge < -0.3 is 14.6 Å². The lowest BCUT2D eigenvalue weighted by Crippen LogP contribution is -2.49. The average Bonchev–Trinajstić information content (AvgIpc) is 2.84. The fraction of sp³-hybridized carbons (Fsp3) is 0.667. The monoisotopic (exact) mass is 376 g/mol. The Balaban J connectivity index is 2.30. The number of esters is 1. The molecule has 6 heteroatoms. The van der Waals surface area contributed by atoms with Crippen molar-refractivity contribution in [1.82, 2.24) is 9.88 Å². The molecule has 0 bridgehead atoms. The SMILES string of the molecule is CCOC(=O)c1[nH]c(C)c(C(=O)C(C)N(CC(C)C)C(=O)C2CCC2)c1C. The average molecular weight is 376 g/mol. The lowest BCUT2D eigenvalue weighted by Gasteiger charge is -2.36. The number of rotatable bonds is 8. The van der Waals surface area contributed by atoms with Crippen LogP contribution >= 0.6 is 0 Å². The number of carbonyl (C=O) groups excluding carboxylic acids is 3. The molecule has 0 spiro atoms. The van der Waals surface area contributed by atoms with E-state index in [9.17, 15) is 14.4 Å². The molecule has 1 fully saturated rings. The lowest BCUT2D eigenvalue weighted by molar-refractivity contribution is -0.140. The van der Waals surface area contributed by atoms with Gasteiger partial charge in [0, 0.05) is 23.7 Å². The van der Waals surface area contributed by atoms with E-state index in [-0.39, 0.29) is 30.1 Å². The summed E-state index contributed by atoms with van der Waals surface area (Å²) in [5, 5.41) is 0. The molecule has 1 amide bonds. The van der Waals surface area contributed by atoms with E-state index in [0.717, 1.165) is 19.3 Å². The Morgan fingerprint density at radius 2 is 1.81 bits per heavy atom. The largest absolute Gasteiger partial charge is 0.461 e. The highest BCUT2D eigenvalue weighted by Gasteiger charge is 2.36. The summed E-state index contributed by atoms with van der Waals surface area (Å²) in [5.74, 6) is -0.206. The topological polar surface area (TPSA) is 79.5 Å². The molecule has 27 heavy (non-hydrogen) atoms. The van der Waals surface area contributed by atoms with E-state index in [4.69, 9.17) is 4.74 Å². The normalized spacial score (nSPS) is 15.4. The Morgan fingerprint density at radius 1 is 1.19 bits per heavy atom. The van der Waals surface area contributed by atoms with Crippen LogP contribution in [-0.2, 0) is 9.53 Å². The van der Waals surface area contributed by atoms with Crippen LogP contribution in [0.2, 0.25) is 0 Å². The van der Waals surface area contributed by atoms with Gasteiger partial charge in [-0.05, 0) is 52.0 Å². The van der Waals surface area contributed by atoms with E-state index in [1.54, 1.807) is 32.6 Å². The van der Waals surface area contributed by atoms with Crippen molar-refractivity contribution in [3.05, 3.63) is 22.5 Å². The van der Waals surface area contributed by atoms with E-state index in [2.05, 4.69) is 4.98 Å². The Kier molecular flexibility index (Phi) is 6.84. The van der Waals surface area contributed by atoms with Gasteiger partial charge in [0.05, 0.1) is 12.6 Å². The number of hydrogen-bond donors (Lipinski definition) is 1. The van der Waals surface area contributed by atoms with Crippen molar-refractivity contribution in [1.29, 1.82) is 0 Å². The molecular weight excluding hydrogens is 344 g/mol. The number of hydrogen-bond acceptors (Lipinski definition) is 4. The third-order valence-electron chi connectivity index (χ3n) is 5.31. The second kappa shape index (κ2) is 8.72. The van der Waals surface area contributed by atoms with E-state index < -0.39 is 12.0 Å². The number of nitrogens with zero attached hydrogens (tertiary/aromatic N) is 1. The zero-order valence-corrected chi connectivity index (χ0v) is 17.3. The number of ketones is 1. The standard InChI is InChI=1S/C21H32N2O4/c1-7-27-21(26)18-13(4)17(14(5)22-18)19(24)15(6)23(11-12(2)3)20(25)16-9-8-10-16/h12,15-16,22H,7-11H2,1-6H3. The molecule has 0 saturated heterocycles. The summed E-state index contributed by atoms with van der Waals surface area (Å²) in [6.07, 6.45) is 2.89. The third-order valence-corrected chi connectivity index (χ3v) is 5.31. The number of aromatic amines is 1. The van der Waals surface area contributed by atoms with Gasteiger partial charge >= 0.3 is 5.97 Å². The molecule has 6 nitrogen and oxygen atoms in total. The van der Waals surface area contributed by atoms with Gasteiger partial charge in [0.1, 0.15) is 5.69 Å². The van der Waals surface area contributed by atoms with Gasteiger partial charge in [-0.25, -0.2) is 4.79 Å². The fourth-order valence-corrected chi connectivity index (χ4v) is 3.60. The van der Waals surface area contributed by atoms with Crippen LogP contribution in [0.3, 0.4) is 0 Å². The minimum absolute atomic E-state index is 0.0440. The maximum atomic E-state index is 13.3. The van der Waals surface area contributed by atoms with Crippen molar-refractivity contribution in [2.75, 3.05) is 13.2 Å². The van der Waals surface area contributed by atoms with Gasteiger partial charge in [0.25, 0.3) is 0 Å². The second-order valence-corrected chi connectivity index (χ2v) is 7.90. The maximum Gasteiger partial charge on any atom is 0.355 e. The van der Waals surface area contributed by atoms with Crippen molar-refractivity contribution >= 4 is 17.7 Å². The number of Topliss-reactive ketones (excluding diaryl/α,β-unsaturated/α-hetero) is 1. The molecule has 1 aliphatic rings. The number of carbonyl (C=O) groups is 3. The zero-order valence-electron chi connectivity index (χ0n) is 17.3. The minimum Gasteiger partial charge on any atom is -0.461 e. The molecule has 1 aliphatic carbocycles. The van der Waals surface area contributed by atoms with Crippen LogP contribution < -0.4 is 0 Å². The van der Waals surface area contributed by atoms with Gasteiger partial charge in [0.2, 0.25) is 5.91 Å². The molecule has 1 saturated carbocycles. The molecule has 0 aliphatic heterocycles. The molecule has 1 N–H and O–H groups in total. The van der Waals surface area contributed by atoms with E-state index in [0.29, 0.717) is 29.1 Å². The predicted octanol–water partition coefficient (Wildman–Crippen LogP) is 3.66. The summed E-state index contributed by atoms with van der Waals surface area (Å²) in [6.45, 7) is 12.0. The fourth-order valence-electron chi connectivity index (χ4n) is 3.60. The number of amides is 1. The van der Waals surface area contributed by atoms with Gasteiger partial charge in [-0.15, -0.1) is 0 Å². The zero-order chi connectivity index (χ0) is 20.3. The Hall–Kier alpha value is -2.11. The summed E-state index contributed by atoms with van der Waals surface area (Å²) in [5.41, 5.74) is 2.02. The van der Waals surface area contributed by atoms with Crippen LogP contribution in [0.5, 0.6) is 0 Å². The quantitative estimate of drug-likeness (QED) is 0.555. The third kappa shape index (κ3) is 4.42. The van der Waals surface area contributed by atoms with Crippen LogP contribution in [0, 0.1) is 25.7 Å². The van der Waals surface area contributed by atoms with Crippen LogP contribution in [-0.4, -0.2) is 46.7 Å². The summed E-state index contributed by atoms with van der Waals surface area (Å²) in [4.78, 5) is 43.0. The minimum atomic E-state index is -0.566. The Morgan fingerprint density at radius 3 is 2.30 bits per heavy atom. The predicted molar refractivity (Wildman–Crippen MR) is 104 cm³/mol. The summed E-state index contributed by atoms with van der Waals surface area (Å²) in [7, 11) is 0. The van der Waals surface area contributed by atoms with Gasteiger partial charge in [-0.3, -0.25) is 9.59 Å². The maximum absolute atomic E-state index is 13.3. The molecule has 2 rings (SSSR count). The number of nitrogens with one attached hydrogen (secondary N) is 1. The van der Waals surface area contributed by atoms with E-state index in [1.165, 1.54) is 0 Å². The van der Waals surface area contributed by atoms with Crippen LogP contribution in [0.25, 0.3) is 0 Å². The highest BCUT2D eigenvalue weighted by Crippen LogP contribution is 2.30. The van der Waals surface area contributed by atoms with Crippen molar-refractivity contribution in [3.8, 4) is 0 Å². The second-order valence-electron chi connectivity index (χ2n) is 7.90. The highest BCUT2D eigenvalue weighted by atomic mass is 16.5. The highest BCUT2D eigenvalue weighted by molar-refractivity contribution is 6.06. The first-order chi connectivity index (χ1) is 12.7. The molecule has 0 aromatic carbocycles. The van der Waals surface area contributed by atoms with Crippen molar-refractivity contribution < 1.29 is 19.1 Å². The molecule has 150 valence electrons. The van der Waals surface area contributed by atoms with E-state index >= 15 is 0 Å². The first kappa shape index (κ1) is 21.2. The lowest BCUT2D eigenvalue weighted by atomic mass is 9.83. The molecule has 1 heterocycles. The smallest absolute Gasteiger partial charge is 0.355 e. The van der Waals surface area contributed by atoms with Crippen LogP contribution in [0.15, 0.2) is 0 Å². The Bertz CT molecular complexity index is 716. The number of aromatic nitrogens is 1. The first-order valence-corrected chi connectivity index (χ1v) is 9.89. The van der Waals surface area contributed by atoms with Gasteiger partial charge in [0.15, 0.2) is 5.78 Å². The van der Waals surface area contributed by atoms with Gasteiger partial charge in [-0.1, -0.05) is 20.3 Å². The van der Waals surface area contributed by atoms with E-state index in [1.807, 2.05) is 13.8 Å². The first-order valence-electron chi connectivity index (χ1n) is 9.89. The molecule has 1 unspecified atom stereocenters. The molecule has 0 radical (unpaired) electrons. The number of aryl methyl sites for hydroxylation is 1. The summed E-state index contributed by atoms with van der Waals surface area (Å²) < 4.78 is 5.06. The molecule has 1 atom stereocenters. The summed E-state index contributed by atoms with van der Waals surface area (Å²) in [6, 6.07) is -0.566. The number of ether oxygens (including phenoxy) is 1. The molecule has 1 aromatic heterocycles. The molecular formula is C21H32N2O4. The molecule has 1 aromatic rings. The Labute approximate surface area is 161 Å². The van der Waals surface area contributed by atoms with Crippen LogP contribution in [0.1, 0.15) is 79.1 Å². The van der Waals surface area contributed by atoms with Crippen molar-refractivity contribution in [2.24, 2.45) is 11.8 Å². The number of H-pyrrole nitrogens is 1. The van der Waals surface area contributed by atoms with Crippen LogP contribution in [0.4, 0.5) is 0 Å². The van der Waals surface area contributed by atoms with Crippen molar-refractivity contribution in [3.63, 3.8) is 0 Å². The summed E-state index contributed by atoms with van der Waals surface area (Å²) >= 11 is 0. The van der Waals surface area contributed by atoms with Crippen molar-refractivity contribution in [2.45, 2.75) is 66.8 Å².